The van der Waals surface area contributed by atoms with Crippen LogP contribution in [0.25, 0.3) is 0 Å². The number of aliphatic hydroxyl groups is 1. The summed E-state index contributed by atoms with van der Waals surface area (Å²) in [6.07, 6.45) is 0.944. The summed E-state index contributed by atoms with van der Waals surface area (Å²) in [5.74, 6) is 2.12. The van der Waals surface area contributed by atoms with Crippen LogP contribution in [0, 0.1) is 17.8 Å². The van der Waals surface area contributed by atoms with E-state index in [0.29, 0.717) is 12.5 Å². The highest BCUT2D eigenvalue weighted by Gasteiger charge is 2.14. The Kier molecular flexibility index (Phi) is 4.71. The van der Waals surface area contributed by atoms with E-state index in [1.807, 2.05) is 0 Å². The molecule has 0 fully saturated rings. The number of hydrogen-bond acceptors (Lipinski definition) is 1. The first-order valence-electron chi connectivity index (χ1n) is 4.20. The molecular weight excluding hydrogens is 124 g/mol. The summed E-state index contributed by atoms with van der Waals surface area (Å²) in [5, 5.41) is 8.67. The minimum absolute atomic E-state index is 0.332. The predicted molar refractivity (Wildman–Crippen MR) is 44.9 cm³/mol. The zero-order valence-electron chi connectivity index (χ0n) is 7.59. The van der Waals surface area contributed by atoms with Gasteiger partial charge in [-0.05, 0) is 24.2 Å². The highest BCUT2D eigenvalue weighted by molar-refractivity contribution is 4.64. The molecule has 0 aliphatic heterocycles. The van der Waals surface area contributed by atoms with Crippen LogP contribution in [-0.2, 0) is 0 Å². The molecule has 1 heteroatoms. The average Bonchev–Trinajstić information content (AvgIpc) is 1.87. The maximum Gasteiger partial charge on any atom is 0.0433 e. The molecule has 0 aliphatic carbocycles. The van der Waals surface area contributed by atoms with Gasteiger partial charge in [-0.1, -0.05) is 27.7 Å². The Morgan fingerprint density at radius 1 is 1.10 bits per heavy atom. The molecule has 0 aliphatic rings. The van der Waals surface area contributed by atoms with E-state index in [4.69, 9.17) is 5.11 Å². The molecule has 0 heterocycles. The summed E-state index contributed by atoms with van der Waals surface area (Å²) in [6, 6.07) is 0. The van der Waals surface area contributed by atoms with E-state index in [9.17, 15) is 0 Å². The Morgan fingerprint density at radius 2 is 1.60 bits per heavy atom. The summed E-state index contributed by atoms with van der Waals surface area (Å²) in [4.78, 5) is 0. The molecule has 0 radical (unpaired) electrons. The van der Waals surface area contributed by atoms with Crippen molar-refractivity contribution in [3.8, 4) is 0 Å². The smallest absolute Gasteiger partial charge is 0.0433 e. The lowest BCUT2D eigenvalue weighted by atomic mass is 9.84. The molecule has 0 saturated carbocycles. The lowest BCUT2D eigenvalue weighted by Gasteiger charge is -2.22. The summed E-state index contributed by atoms with van der Waals surface area (Å²) in [7, 11) is 0. The van der Waals surface area contributed by atoms with Crippen molar-refractivity contribution in [2.45, 2.75) is 34.1 Å². The van der Waals surface area contributed by atoms with Crippen molar-refractivity contribution >= 4 is 0 Å². The van der Waals surface area contributed by atoms with Gasteiger partial charge in [0.2, 0.25) is 0 Å². The summed E-state index contributed by atoms with van der Waals surface area (Å²) < 4.78 is 0. The van der Waals surface area contributed by atoms with Gasteiger partial charge in [-0.2, -0.15) is 0 Å². The lowest BCUT2D eigenvalue weighted by molar-refractivity contribution is 0.211. The van der Waals surface area contributed by atoms with Gasteiger partial charge in [0.25, 0.3) is 0 Å². The molecule has 0 spiro atoms. The molecule has 0 aromatic carbocycles. The van der Waals surface area contributed by atoms with Crippen LogP contribution in [-0.4, -0.2) is 11.7 Å². The van der Waals surface area contributed by atoms with Crippen molar-refractivity contribution in [1.82, 2.24) is 0 Å². The van der Waals surface area contributed by atoms with E-state index < -0.39 is 0 Å². The minimum Gasteiger partial charge on any atom is -0.396 e. The molecule has 62 valence electrons. The van der Waals surface area contributed by atoms with Crippen LogP contribution in [0.1, 0.15) is 34.1 Å². The summed E-state index contributed by atoms with van der Waals surface area (Å²) in [5.41, 5.74) is 0. The van der Waals surface area contributed by atoms with Gasteiger partial charge in [-0.3, -0.25) is 0 Å². The monoisotopic (exact) mass is 144 g/mol. The topological polar surface area (TPSA) is 20.2 Å². The molecule has 0 aromatic rings. The SMILES string of the molecule is CC(C)C(C)C(C)CCO. The van der Waals surface area contributed by atoms with Gasteiger partial charge >= 0.3 is 0 Å². The van der Waals surface area contributed by atoms with Crippen molar-refractivity contribution in [2.24, 2.45) is 17.8 Å². The van der Waals surface area contributed by atoms with Crippen LogP contribution in [0.3, 0.4) is 0 Å². The summed E-state index contributed by atoms with van der Waals surface area (Å²) in [6.45, 7) is 9.27. The highest BCUT2D eigenvalue weighted by Crippen LogP contribution is 2.21. The first-order valence-corrected chi connectivity index (χ1v) is 4.20. The summed E-state index contributed by atoms with van der Waals surface area (Å²) >= 11 is 0. The van der Waals surface area contributed by atoms with Gasteiger partial charge in [0, 0.05) is 6.61 Å². The largest absolute Gasteiger partial charge is 0.396 e. The molecular formula is C9H20O. The van der Waals surface area contributed by atoms with E-state index in [-0.39, 0.29) is 0 Å². The van der Waals surface area contributed by atoms with E-state index in [1.165, 1.54) is 0 Å². The molecule has 0 aromatic heterocycles. The number of aliphatic hydroxyl groups excluding tert-OH is 1. The van der Waals surface area contributed by atoms with E-state index in [0.717, 1.165) is 18.3 Å². The van der Waals surface area contributed by atoms with Crippen LogP contribution in [0.5, 0.6) is 0 Å². The molecule has 0 bridgehead atoms. The van der Waals surface area contributed by atoms with Crippen molar-refractivity contribution in [1.29, 1.82) is 0 Å². The molecule has 10 heavy (non-hydrogen) atoms. The molecule has 1 N–H and O–H groups in total. The Hall–Kier alpha value is -0.0400. The Bertz CT molecular complexity index is 78.8. The minimum atomic E-state index is 0.332. The number of rotatable bonds is 4. The van der Waals surface area contributed by atoms with Crippen molar-refractivity contribution in [2.75, 3.05) is 6.61 Å². The molecule has 1 nitrogen and oxygen atoms in total. The first-order chi connectivity index (χ1) is 4.59. The van der Waals surface area contributed by atoms with Gasteiger partial charge in [-0.25, -0.2) is 0 Å². The highest BCUT2D eigenvalue weighted by atomic mass is 16.3. The van der Waals surface area contributed by atoms with E-state index in [2.05, 4.69) is 27.7 Å². The fourth-order valence-electron chi connectivity index (χ4n) is 1.12. The van der Waals surface area contributed by atoms with E-state index >= 15 is 0 Å². The van der Waals surface area contributed by atoms with Gasteiger partial charge in [0.1, 0.15) is 0 Å². The van der Waals surface area contributed by atoms with Crippen LogP contribution < -0.4 is 0 Å². The van der Waals surface area contributed by atoms with Gasteiger partial charge in [-0.15, -0.1) is 0 Å². The maximum absolute atomic E-state index is 8.67. The molecule has 0 saturated heterocycles. The van der Waals surface area contributed by atoms with Crippen molar-refractivity contribution in [3.63, 3.8) is 0 Å². The second-order valence-electron chi connectivity index (χ2n) is 3.59. The average molecular weight is 144 g/mol. The quantitative estimate of drug-likeness (QED) is 0.642. The zero-order chi connectivity index (χ0) is 8.15. The Labute approximate surface area is 64.5 Å². The fourth-order valence-corrected chi connectivity index (χ4v) is 1.12. The zero-order valence-corrected chi connectivity index (χ0v) is 7.59. The van der Waals surface area contributed by atoms with Crippen LogP contribution in [0.15, 0.2) is 0 Å². The van der Waals surface area contributed by atoms with E-state index in [1.54, 1.807) is 0 Å². The second kappa shape index (κ2) is 4.73. The van der Waals surface area contributed by atoms with Gasteiger partial charge in [0.15, 0.2) is 0 Å². The lowest BCUT2D eigenvalue weighted by Crippen LogP contribution is -2.15. The van der Waals surface area contributed by atoms with Crippen LogP contribution in [0.2, 0.25) is 0 Å². The molecule has 0 amide bonds. The van der Waals surface area contributed by atoms with Gasteiger partial charge < -0.3 is 5.11 Å². The molecule has 2 unspecified atom stereocenters. The predicted octanol–water partition coefficient (Wildman–Crippen LogP) is 2.30. The molecule has 2 atom stereocenters. The van der Waals surface area contributed by atoms with Crippen molar-refractivity contribution in [3.05, 3.63) is 0 Å². The van der Waals surface area contributed by atoms with Crippen LogP contribution in [0.4, 0.5) is 0 Å². The number of hydrogen-bond donors (Lipinski definition) is 1. The van der Waals surface area contributed by atoms with Gasteiger partial charge in [0.05, 0.1) is 0 Å². The maximum atomic E-state index is 8.67. The second-order valence-corrected chi connectivity index (χ2v) is 3.59. The Balaban J connectivity index is 3.58. The first kappa shape index (κ1) is 9.96. The Morgan fingerprint density at radius 3 is 1.90 bits per heavy atom. The molecule has 0 rings (SSSR count). The van der Waals surface area contributed by atoms with Crippen molar-refractivity contribution < 1.29 is 5.11 Å². The fraction of sp³-hybridized carbons (Fsp3) is 1.00. The normalized spacial score (nSPS) is 17.4. The third-order valence-corrected chi connectivity index (χ3v) is 2.53. The third kappa shape index (κ3) is 3.21. The third-order valence-electron chi connectivity index (χ3n) is 2.53. The standard InChI is InChI=1S/C9H20O/c1-7(2)9(4)8(3)5-6-10/h7-10H,5-6H2,1-4H3. The van der Waals surface area contributed by atoms with Crippen LogP contribution >= 0.6 is 0 Å².